The topological polar surface area (TPSA) is 90.9 Å². The van der Waals surface area contributed by atoms with Crippen molar-refractivity contribution in [1.82, 2.24) is 14.4 Å². The van der Waals surface area contributed by atoms with Crippen molar-refractivity contribution in [3.05, 3.63) is 58.7 Å². The van der Waals surface area contributed by atoms with Crippen molar-refractivity contribution in [2.24, 2.45) is 5.41 Å². The Morgan fingerprint density at radius 3 is 2.67 bits per heavy atom. The number of nitrogens with one attached hydrogen (secondary N) is 1. The summed E-state index contributed by atoms with van der Waals surface area (Å²) in [6.45, 7) is 6.59. The number of para-hydroxylation sites is 1. The predicted octanol–water partition coefficient (Wildman–Crippen LogP) is 6.26. The van der Waals surface area contributed by atoms with Gasteiger partial charge < -0.3 is 13.9 Å². The molecule has 1 amide bonds. The minimum atomic E-state index is -4.69. The molecule has 0 spiro atoms. The normalized spacial score (nSPS) is 12.4. The number of anilines is 1. The lowest BCUT2D eigenvalue weighted by molar-refractivity contribution is -0.141. The lowest BCUT2D eigenvalue weighted by atomic mass is 9.98. The number of aromatic nitrogens is 3. The molecular weight excluding hydrogens is 497 g/mol. The zero-order valence-electron chi connectivity index (χ0n) is 19.8. The summed E-state index contributed by atoms with van der Waals surface area (Å²) in [4.78, 5) is 21.3. The fourth-order valence-corrected chi connectivity index (χ4v) is 3.92. The number of alkyl halides is 3. The highest BCUT2D eigenvalue weighted by Crippen LogP contribution is 2.34. The first-order valence-electron chi connectivity index (χ1n) is 10.7. The first kappa shape index (κ1) is 25.3. The summed E-state index contributed by atoms with van der Waals surface area (Å²) in [6.07, 6.45) is 0.746. The average molecular weight is 521 g/mol. The van der Waals surface area contributed by atoms with Crippen molar-refractivity contribution >= 4 is 40.4 Å². The number of thiazole rings is 1. The number of fused-ring (bicyclic) bond motifs is 1. The maximum Gasteiger partial charge on any atom is 0.436 e. The molecule has 0 radical (unpaired) electrons. The number of oxazole rings is 1. The zero-order chi connectivity index (χ0) is 26.1. The van der Waals surface area contributed by atoms with Crippen LogP contribution in [0, 0.1) is 5.41 Å². The van der Waals surface area contributed by atoms with E-state index in [2.05, 4.69) is 15.3 Å². The van der Waals surface area contributed by atoms with E-state index in [9.17, 15) is 18.0 Å². The van der Waals surface area contributed by atoms with Crippen LogP contribution >= 0.6 is 11.3 Å². The fourth-order valence-electron chi connectivity index (χ4n) is 3.20. The molecule has 0 saturated carbocycles. The van der Waals surface area contributed by atoms with E-state index in [1.165, 1.54) is 15.7 Å². The van der Waals surface area contributed by atoms with E-state index in [1.807, 2.05) is 32.9 Å². The first-order chi connectivity index (χ1) is 17.0. The van der Waals surface area contributed by atoms with E-state index >= 15 is 0 Å². The lowest BCUT2D eigenvalue weighted by Crippen LogP contribution is -2.17. The number of hydrogen-bond donors (Lipinski definition) is 1. The Labute approximate surface area is 208 Å². The van der Waals surface area contributed by atoms with Crippen molar-refractivity contribution in [2.45, 2.75) is 26.9 Å². The van der Waals surface area contributed by atoms with Gasteiger partial charge in [-0.3, -0.25) is 14.5 Å². The SMILES string of the molecule is COc1cccc(/C=C/c2nc3sccn3c2C(=O)Nc2nc(C(F)(F)F)co2)c1OCC(C)(C)C. The van der Waals surface area contributed by atoms with Crippen LogP contribution in [0.25, 0.3) is 17.1 Å². The van der Waals surface area contributed by atoms with E-state index in [-0.39, 0.29) is 11.1 Å². The summed E-state index contributed by atoms with van der Waals surface area (Å²) >= 11 is 1.30. The van der Waals surface area contributed by atoms with Gasteiger partial charge in [0.15, 0.2) is 22.2 Å². The summed E-state index contributed by atoms with van der Waals surface area (Å²) in [7, 11) is 1.55. The highest BCUT2D eigenvalue weighted by molar-refractivity contribution is 7.15. The van der Waals surface area contributed by atoms with Gasteiger partial charge in [0.1, 0.15) is 12.0 Å². The first-order valence-corrected chi connectivity index (χ1v) is 11.6. The van der Waals surface area contributed by atoms with Gasteiger partial charge in [-0.1, -0.05) is 32.9 Å². The Kier molecular flexibility index (Phi) is 6.81. The van der Waals surface area contributed by atoms with Gasteiger partial charge in [0, 0.05) is 17.1 Å². The molecule has 8 nitrogen and oxygen atoms in total. The van der Waals surface area contributed by atoms with E-state index in [1.54, 1.807) is 36.9 Å². The van der Waals surface area contributed by atoms with Crippen LogP contribution in [0.15, 0.2) is 40.5 Å². The predicted molar refractivity (Wildman–Crippen MR) is 129 cm³/mol. The molecule has 4 aromatic rings. The van der Waals surface area contributed by atoms with Gasteiger partial charge in [-0.05, 0) is 23.6 Å². The third-order valence-corrected chi connectivity index (χ3v) is 5.58. The molecule has 0 unspecified atom stereocenters. The van der Waals surface area contributed by atoms with Gasteiger partial charge in [0.05, 0.1) is 19.4 Å². The van der Waals surface area contributed by atoms with Crippen molar-refractivity contribution in [2.75, 3.05) is 19.0 Å². The molecule has 0 aliphatic heterocycles. The molecular formula is C24H23F3N4O4S. The van der Waals surface area contributed by atoms with Gasteiger partial charge in [-0.15, -0.1) is 11.3 Å². The molecule has 0 fully saturated rings. The van der Waals surface area contributed by atoms with Gasteiger partial charge in [-0.25, -0.2) is 4.98 Å². The summed E-state index contributed by atoms with van der Waals surface area (Å²) < 4.78 is 56.3. The third kappa shape index (κ3) is 5.54. The zero-order valence-corrected chi connectivity index (χ0v) is 20.7. The van der Waals surface area contributed by atoms with Crippen LogP contribution in [0.3, 0.4) is 0 Å². The molecule has 36 heavy (non-hydrogen) atoms. The average Bonchev–Trinajstić information content (AvgIpc) is 3.51. The number of hydrogen-bond acceptors (Lipinski definition) is 7. The Morgan fingerprint density at radius 1 is 1.22 bits per heavy atom. The number of methoxy groups -OCH3 is 1. The smallest absolute Gasteiger partial charge is 0.436 e. The highest BCUT2D eigenvalue weighted by Gasteiger charge is 2.35. The molecule has 3 aromatic heterocycles. The number of amides is 1. The maximum atomic E-state index is 13.0. The summed E-state index contributed by atoms with van der Waals surface area (Å²) in [5.74, 6) is 0.359. The molecule has 0 saturated heterocycles. The minimum absolute atomic E-state index is 0.0901. The second-order valence-corrected chi connectivity index (χ2v) is 9.83. The monoisotopic (exact) mass is 520 g/mol. The second-order valence-electron chi connectivity index (χ2n) is 8.95. The van der Waals surface area contributed by atoms with Crippen LogP contribution in [0.5, 0.6) is 11.5 Å². The number of imidazole rings is 1. The van der Waals surface area contributed by atoms with Crippen molar-refractivity contribution in [3.63, 3.8) is 0 Å². The minimum Gasteiger partial charge on any atom is -0.493 e. The van der Waals surface area contributed by atoms with Crippen molar-refractivity contribution in [3.8, 4) is 11.5 Å². The van der Waals surface area contributed by atoms with Crippen LogP contribution < -0.4 is 14.8 Å². The fraction of sp³-hybridized carbons (Fsp3) is 0.292. The van der Waals surface area contributed by atoms with Crippen molar-refractivity contribution < 1.29 is 31.9 Å². The molecule has 0 aliphatic carbocycles. The van der Waals surface area contributed by atoms with Crippen LogP contribution in [0.4, 0.5) is 19.2 Å². The molecule has 190 valence electrons. The maximum absolute atomic E-state index is 13.0. The molecule has 12 heteroatoms. The Bertz CT molecular complexity index is 1410. The van der Waals surface area contributed by atoms with E-state index < -0.39 is 23.8 Å². The van der Waals surface area contributed by atoms with E-state index in [4.69, 9.17) is 13.9 Å². The number of rotatable bonds is 7. The number of ether oxygens (including phenoxy) is 2. The van der Waals surface area contributed by atoms with E-state index in [0.29, 0.717) is 40.6 Å². The Balaban J connectivity index is 1.66. The number of nitrogens with zero attached hydrogens (tertiary/aromatic N) is 3. The Hall–Kier alpha value is -3.80. The summed E-state index contributed by atoms with van der Waals surface area (Å²) in [5, 5.41) is 4.01. The molecule has 0 atom stereocenters. The van der Waals surface area contributed by atoms with Crippen molar-refractivity contribution in [1.29, 1.82) is 0 Å². The lowest BCUT2D eigenvalue weighted by Gasteiger charge is -2.21. The quantitative estimate of drug-likeness (QED) is 0.309. The number of carbonyl (C=O) groups is 1. The molecule has 4 rings (SSSR count). The van der Waals surface area contributed by atoms with E-state index in [0.717, 1.165) is 0 Å². The molecule has 3 heterocycles. The van der Waals surface area contributed by atoms with Crippen LogP contribution in [0.1, 0.15) is 48.2 Å². The number of carbonyl (C=O) groups excluding carboxylic acids is 1. The molecule has 0 bridgehead atoms. The Morgan fingerprint density at radius 2 is 2.00 bits per heavy atom. The van der Waals surface area contributed by atoms with Gasteiger partial charge in [0.2, 0.25) is 0 Å². The largest absolute Gasteiger partial charge is 0.493 e. The number of halogens is 3. The van der Waals surface area contributed by atoms with Crippen LogP contribution in [0.2, 0.25) is 0 Å². The summed E-state index contributed by atoms with van der Waals surface area (Å²) in [6, 6.07) is 4.86. The van der Waals surface area contributed by atoms with Gasteiger partial charge in [0.25, 0.3) is 5.91 Å². The third-order valence-electron chi connectivity index (χ3n) is 4.82. The van der Waals surface area contributed by atoms with Crippen LogP contribution in [-0.4, -0.2) is 34.0 Å². The van der Waals surface area contributed by atoms with Gasteiger partial charge >= 0.3 is 12.2 Å². The van der Waals surface area contributed by atoms with Crippen LogP contribution in [-0.2, 0) is 6.18 Å². The standard InChI is InChI=1S/C24H23F3N4O4S/c1-23(2,3)13-35-19-14(6-5-7-16(19)33-4)8-9-15-18(31-10-11-36-22(31)28-15)20(32)30-21-29-17(12-34-21)24(25,26)27/h5-12H,13H2,1-4H3,(H,29,30,32)/b9-8+. The summed E-state index contributed by atoms with van der Waals surface area (Å²) in [5.41, 5.74) is -0.231. The highest BCUT2D eigenvalue weighted by atomic mass is 32.1. The second kappa shape index (κ2) is 9.69. The molecule has 1 aromatic carbocycles. The number of benzene rings is 1. The van der Waals surface area contributed by atoms with Gasteiger partial charge in [-0.2, -0.15) is 18.2 Å². The molecule has 0 aliphatic rings. The molecule has 1 N–H and O–H groups in total.